The fourth-order valence-corrected chi connectivity index (χ4v) is 3.41. The van der Waals surface area contributed by atoms with Gasteiger partial charge in [-0.25, -0.2) is 0 Å². The minimum absolute atomic E-state index is 0.0416. The van der Waals surface area contributed by atoms with Crippen LogP contribution in [0.15, 0.2) is 24.3 Å². The Bertz CT molecular complexity index is 511. The number of ketones is 1. The molecule has 0 heterocycles. The number of Topliss-reactive ketones (excluding diaryl/α,β-unsaturated/α-hetero) is 1. The van der Waals surface area contributed by atoms with Crippen LogP contribution < -0.4 is 5.32 Å². The molecule has 0 radical (unpaired) electrons. The summed E-state index contributed by atoms with van der Waals surface area (Å²) in [6.45, 7) is 5.90. The molecule has 21 heavy (non-hydrogen) atoms. The van der Waals surface area contributed by atoms with E-state index in [2.05, 4.69) is 19.2 Å². The first-order valence-corrected chi connectivity index (χ1v) is 7.85. The fraction of sp³-hybridized carbons (Fsp3) is 0.556. The highest BCUT2D eigenvalue weighted by Crippen LogP contribution is 2.44. The number of rotatable bonds is 5. The number of anilines is 1. The van der Waals surface area contributed by atoms with Crippen molar-refractivity contribution in [1.29, 1.82) is 0 Å². The molecule has 2 rings (SSSR count). The highest BCUT2D eigenvalue weighted by molar-refractivity contribution is 5.97. The number of hydrogen-bond donors (Lipinski definition) is 1. The third-order valence-corrected chi connectivity index (χ3v) is 4.39. The average Bonchev–Trinajstić information content (AvgIpc) is 2.88. The van der Waals surface area contributed by atoms with Crippen LogP contribution in [0.5, 0.6) is 0 Å². The van der Waals surface area contributed by atoms with Crippen LogP contribution in [0.1, 0.15) is 63.2 Å². The van der Waals surface area contributed by atoms with Gasteiger partial charge in [0.25, 0.3) is 0 Å². The third kappa shape index (κ3) is 3.72. The first-order valence-electron chi connectivity index (χ1n) is 7.85. The standard InChI is InChI=1S/C18H25NO2/c1-13(2)12-18(10-4-5-11-18)17(21)19-16-8-6-15(7-9-16)14(3)20/h6-9,13H,4-5,10-12H2,1-3H3,(H,19,21). The molecule has 1 amide bonds. The van der Waals surface area contributed by atoms with Gasteiger partial charge in [-0.3, -0.25) is 9.59 Å². The van der Waals surface area contributed by atoms with E-state index >= 15 is 0 Å². The maximum absolute atomic E-state index is 12.7. The van der Waals surface area contributed by atoms with Gasteiger partial charge in [-0.2, -0.15) is 0 Å². The molecular formula is C18H25NO2. The lowest BCUT2D eigenvalue weighted by Crippen LogP contribution is -2.35. The lowest BCUT2D eigenvalue weighted by atomic mass is 9.77. The summed E-state index contributed by atoms with van der Waals surface area (Å²) in [6, 6.07) is 7.16. The van der Waals surface area contributed by atoms with Crippen molar-refractivity contribution in [3.8, 4) is 0 Å². The van der Waals surface area contributed by atoms with Crippen molar-refractivity contribution < 1.29 is 9.59 Å². The maximum atomic E-state index is 12.7. The Hall–Kier alpha value is -1.64. The summed E-state index contributed by atoms with van der Waals surface area (Å²) in [7, 11) is 0. The molecule has 0 aromatic heterocycles. The van der Waals surface area contributed by atoms with Crippen LogP contribution in [0.25, 0.3) is 0 Å². The molecule has 0 atom stereocenters. The number of hydrogen-bond acceptors (Lipinski definition) is 2. The van der Waals surface area contributed by atoms with Crippen molar-refractivity contribution in [2.45, 2.75) is 52.9 Å². The monoisotopic (exact) mass is 287 g/mol. The Morgan fingerprint density at radius 1 is 1.14 bits per heavy atom. The Morgan fingerprint density at radius 2 is 1.71 bits per heavy atom. The summed E-state index contributed by atoms with van der Waals surface area (Å²) in [5.74, 6) is 0.707. The van der Waals surface area contributed by atoms with Gasteiger partial charge in [0, 0.05) is 16.7 Å². The van der Waals surface area contributed by atoms with Crippen molar-refractivity contribution in [1.82, 2.24) is 0 Å². The largest absolute Gasteiger partial charge is 0.326 e. The van der Waals surface area contributed by atoms with Gasteiger partial charge in [0.2, 0.25) is 5.91 Å². The van der Waals surface area contributed by atoms with Crippen molar-refractivity contribution >= 4 is 17.4 Å². The molecule has 0 bridgehead atoms. The minimum atomic E-state index is -0.201. The van der Waals surface area contributed by atoms with E-state index in [0.717, 1.165) is 37.8 Å². The first kappa shape index (κ1) is 15.7. The number of nitrogens with one attached hydrogen (secondary N) is 1. The summed E-state index contributed by atoms with van der Waals surface area (Å²) in [4.78, 5) is 24.0. The molecule has 114 valence electrons. The molecule has 0 saturated heterocycles. The zero-order valence-electron chi connectivity index (χ0n) is 13.2. The average molecular weight is 287 g/mol. The summed E-state index contributed by atoms with van der Waals surface area (Å²) in [6.07, 6.45) is 5.21. The molecule has 0 aliphatic heterocycles. The zero-order chi connectivity index (χ0) is 15.5. The molecule has 0 unspecified atom stereocenters. The topological polar surface area (TPSA) is 46.2 Å². The first-order chi connectivity index (χ1) is 9.93. The second-order valence-electron chi connectivity index (χ2n) is 6.67. The summed E-state index contributed by atoms with van der Waals surface area (Å²) in [5.41, 5.74) is 1.25. The van der Waals surface area contributed by atoms with Gasteiger partial charge in [-0.05, 0) is 56.4 Å². The quantitative estimate of drug-likeness (QED) is 0.814. The van der Waals surface area contributed by atoms with Crippen LogP contribution in [0.2, 0.25) is 0 Å². The van der Waals surface area contributed by atoms with Gasteiger partial charge in [-0.15, -0.1) is 0 Å². The van der Waals surface area contributed by atoms with Gasteiger partial charge in [0.1, 0.15) is 0 Å². The van der Waals surface area contributed by atoms with E-state index < -0.39 is 0 Å². The molecule has 0 spiro atoms. The summed E-state index contributed by atoms with van der Waals surface area (Å²) >= 11 is 0. The molecule has 1 aromatic carbocycles. The van der Waals surface area contributed by atoms with Crippen molar-refractivity contribution in [2.75, 3.05) is 5.32 Å². The van der Waals surface area contributed by atoms with Gasteiger partial charge < -0.3 is 5.32 Å². The van der Waals surface area contributed by atoms with Gasteiger partial charge in [-0.1, -0.05) is 26.7 Å². The lowest BCUT2D eigenvalue weighted by molar-refractivity contribution is -0.126. The predicted octanol–water partition coefficient (Wildman–Crippen LogP) is 4.43. The summed E-state index contributed by atoms with van der Waals surface area (Å²) in [5, 5.41) is 3.05. The fourth-order valence-electron chi connectivity index (χ4n) is 3.41. The van der Waals surface area contributed by atoms with Crippen LogP contribution in [-0.2, 0) is 4.79 Å². The third-order valence-electron chi connectivity index (χ3n) is 4.39. The number of carbonyl (C=O) groups is 2. The van der Waals surface area contributed by atoms with E-state index in [1.54, 1.807) is 19.1 Å². The van der Waals surface area contributed by atoms with Crippen molar-refractivity contribution in [3.63, 3.8) is 0 Å². The highest BCUT2D eigenvalue weighted by atomic mass is 16.2. The Balaban J connectivity index is 2.10. The maximum Gasteiger partial charge on any atom is 0.230 e. The van der Waals surface area contributed by atoms with E-state index in [1.165, 1.54) is 0 Å². The van der Waals surface area contributed by atoms with E-state index in [1.807, 2.05) is 12.1 Å². The highest BCUT2D eigenvalue weighted by Gasteiger charge is 2.41. The molecule has 1 aliphatic carbocycles. The van der Waals surface area contributed by atoms with Gasteiger partial charge in [0.15, 0.2) is 5.78 Å². The number of benzene rings is 1. The van der Waals surface area contributed by atoms with E-state index in [4.69, 9.17) is 0 Å². The van der Waals surface area contributed by atoms with Crippen molar-refractivity contribution in [3.05, 3.63) is 29.8 Å². The van der Waals surface area contributed by atoms with Gasteiger partial charge >= 0.3 is 0 Å². The van der Waals surface area contributed by atoms with Crippen LogP contribution >= 0.6 is 0 Å². The molecule has 1 aromatic rings. The SMILES string of the molecule is CC(=O)c1ccc(NC(=O)C2(CC(C)C)CCCC2)cc1. The van der Waals surface area contributed by atoms with Crippen LogP contribution in [0.4, 0.5) is 5.69 Å². The molecule has 3 heteroatoms. The Labute approximate surface area is 127 Å². The lowest BCUT2D eigenvalue weighted by Gasteiger charge is -2.29. The van der Waals surface area contributed by atoms with E-state index in [0.29, 0.717) is 11.5 Å². The predicted molar refractivity (Wildman–Crippen MR) is 85.4 cm³/mol. The van der Waals surface area contributed by atoms with Crippen LogP contribution in [0, 0.1) is 11.3 Å². The molecule has 1 saturated carbocycles. The Kier molecular flexibility index (Phi) is 4.81. The molecule has 1 N–H and O–H groups in total. The Morgan fingerprint density at radius 3 is 2.19 bits per heavy atom. The van der Waals surface area contributed by atoms with Crippen LogP contribution in [0.3, 0.4) is 0 Å². The molecule has 1 fully saturated rings. The second kappa shape index (κ2) is 6.42. The summed E-state index contributed by atoms with van der Waals surface area (Å²) < 4.78 is 0. The molecule has 1 aliphatic rings. The smallest absolute Gasteiger partial charge is 0.230 e. The molecule has 3 nitrogen and oxygen atoms in total. The van der Waals surface area contributed by atoms with Crippen molar-refractivity contribution in [2.24, 2.45) is 11.3 Å². The van der Waals surface area contributed by atoms with Crippen LogP contribution in [-0.4, -0.2) is 11.7 Å². The second-order valence-corrected chi connectivity index (χ2v) is 6.67. The number of amides is 1. The van der Waals surface area contributed by atoms with E-state index in [-0.39, 0.29) is 17.1 Å². The molecular weight excluding hydrogens is 262 g/mol. The zero-order valence-corrected chi connectivity index (χ0v) is 13.2. The van der Waals surface area contributed by atoms with Gasteiger partial charge in [0.05, 0.1) is 0 Å². The van der Waals surface area contributed by atoms with E-state index in [9.17, 15) is 9.59 Å². The number of carbonyl (C=O) groups excluding carboxylic acids is 2. The normalized spacial score (nSPS) is 17.0. The minimum Gasteiger partial charge on any atom is -0.326 e.